The third kappa shape index (κ3) is 69.0. The summed E-state index contributed by atoms with van der Waals surface area (Å²) in [6.07, 6.45) is 55.6. The van der Waals surface area contributed by atoms with Crippen LogP contribution in [0.3, 0.4) is 0 Å². The standard InChI is InChI=1S/C76H148O17P2/c1-7-10-12-14-16-18-19-20-21-22-23-24-25-26-27-32-35-42-48-54-60-75(80)92-72(65-87-74(79)59-53-47-41-34-31-29-28-30-33-38-44-50-56-68(4)5)67-91-95(84,85)89-63-70(77)62-88-94(82,83)90-66-71(64-86-73(78)58-52-46-40-17-15-13-11-8-2)93-76(81)61-55-49-43-37-36-39-45-51-57-69(6)9-3/h68-72,77H,7-67H2,1-6H3,(H,82,83)(H,84,85)/t69?,70-,71+,72+/m0/s1. The topological polar surface area (TPSA) is 237 Å². The number of phosphoric ester groups is 2. The van der Waals surface area contributed by atoms with Gasteiger partial charge in [0.15, 0.2) is 12.2 Å². The Balaban J connectivity index is 5.20. The molecule has 0 saturated heterocycles. The molecule has 0 spiro atoms. The number of rotatable bonds is 75. The molecule has 17 nitrogen and oxygen atoms in total. The van der Waals surface area contributed by atoms with Crippen LogP contribution in [0.15, 0.2) is 0 Å². The minimum atomic E-state index is -4.96. The minimum absolute atomic E-state index is 0.105. The van der Waals surface area contributed by atoms with E-state index >= 15 is 0 Å². The predicted octanol–water partition coefficient (Wildman–Crippen LogP) is 22.3. The van der Waals surface area contributed by atoms with E-state index in [1.54, 1.807) is 0 Å². The Bertz CT molecular complexity index is 1840. The highest BCUT2D eigenvalue weighted by Crippen LogP contribution is 2.45. The molecule has 95 heavy (non-hydrogen) atoms. The van der Waals surface area contributed by atoms with Crippen molar-refractivity contribution in [2.45, 2.75) is 413 Å². The first-order valence-corrected chi connectivity index (χ1v) is 42.5. The second kappa shape index (κ2) is 67.9. The van der Waals surface area contributed by atoms with Crippen molar-refractivity contribution in [3.63, 3.8) is 0 Å². The Morgan fingerprint density at radius 2 is 0.537 bits per heavy atom. The highest BCUT2D eigenvalue weighted by molar-refractivity contribution is 7.47. The third-order valence-corrected chi connectivity index (χ3v) is 20.0. The number of ether oxygens (including phenoxy) is 4. The molecule has 0 aromatic rings. The van der Waals surface area contributed by atoms with Gasteiger partial charge in [0.25, 0.3) is 0 Å². The van der Waals surface area contributed by atoms with E-state index in [1.807, 2.05) is 0 Å². The monoisotopic (exact) mass is 1400 g/mol. The van der Waals surface area contributed by atoms with E-state index in [0.29, 0.717) is 25.7 Å². The molecule has 0 aromatic heterocycles. The smallest absolute Gasteiger partial charge is 0.462 e. The van der Waals surface area contributed by atoms with Gasteiger partial charge in [-0.2, -0.15) is 0 Å². The van der Waals surface area contributed by atoms with E-state index in [4.69, 9.17) is 37.0 Å². The van der Waals surface area contributed by atoms with Gasteiger partial charge < -0.3 is 33.8 Å². The maximum absolute atomic E-state index is 13.1. The van der Waals surface area contributed by atoms with Gasteiger partial charge >= 0.3 is 39.5 Å². The Labute approximate surface area is 581 Å². The Hall–Kier alpha value is -1.94. The first-order valence-electron chi connectivity index (χ1n) is 39.5. The summed E-state index contributed by atoms with van der Waals surface area (Å²) in [6, 6.07) is 0. The first kappa shape index (κ1) is 93.1. The molecule has 0 aliphatic rings. The average molecular weight is 1400 g/mol. The highest BCUT2D eigenvalue weighted by atomic mass is 31.2. The van der Waals surface area contributed by atoms with Crippen molar-refractivity contribution >= 4 is 39.5 Å². The van der Waals surface area contributed by atoms with Crippen LogP contribution < -0.4 is 0 Å². The maximum Gasteiger partial charge on any atom is 0.472 e. The minimum Gasteiger partial charge on any atom is -0.462 e. The molecule has 0 radical (unpaired) electrons. The van der Waals surface area contributed by atoms with Crippen molar-refractivity contribution in [2.24, 2.45) is 11.8 Å². The van der Waals surface area contributed by atoms with Gasteiger partial charge in [-0.15, -0.1) is 0 Å². The number of carbonyl (C=O) groups excluding carboxylic acids is 4. The number of hydrogen-bond donors (Lipinski definition) is 3. The van der Waals surface area contributed by atoms with Crippen LogP contribution in [0, 0.1) is 11.8 Å². The molecule has 3 unspecified atom stereocenters. The molecule has 0 aromatic carbocycles. The summed E-state index contributed by atoms with van der Waals surface area (Å²) in [6.45, 7) is 9.57. The number of aliphatic hydroxyl groups is 1. The quantitative estimate of drug-likeness (QED) is 0.0222. The molecule has 3 N–H and O–H groups in total. The highest BCUT2D eigenvalue weighted by Gasteiger charge is 2.30. The predicted molar refractivity (Wildman–Crippen MR) is 386 cm³/mol. The summed E-state index contributed by atoms with van der Waals surface area (Å²) in [5.74, 6) is -0.568. The molecule has 0 saturated carbocycles. The molecule has 19 heteroatoms. The molecule has 564 valence electrons. The molecule has 0 rings (SSSR count). The zero-order valence-corrected chi connectivity index (χ0v) is 63.8. The van der Waals surface area contributed by atoms with Crippen LogP contribution in [0.5, 0.6) is 0 Å². The molecule has 0 fully saturated rings. The number of hydrogen-bond acceptors (Lipinski definition) is 15. The molecular formula is C76H148O17P2. The normalized spacial score (nSPS) is 14.3. The van der Waals surface area contributed by atoms with Crippen molar-refractivity contribution in [2.75, 3.05) is 39.6 Å². The SMILES string of the molecule is CCCCCCCCCCCCCCCCCCCCCCC(=O)O[C@H](COC(=O)CCCCCCCCCCCCCCC(C)C)COP(=O)(O)OC[C@@H](O)COP(=O)(O)OC[C@@H](COC(=O)CCCCCCCCCC)OC(=O)CCCCCCCCCCC(C)CC. The van der Waals surface area contributed by atoms with Crippen molar-refractivity contribution in [3.05, 3.63) is 0 Å². The molecule has 0 aliphatic carbocycles. The average Bonchev–Trinajstić information content (AvgIpc) is 2.05. The summed E-state index contributed by atoms with van der Waals surface area (Å²) in [5.41, 5.74) is 0. The fraction of sp³-hybridized carbons (Fsp3) is 0.947. The fourth-order valence-corrected chi connectivity index (χ4v) is 13.2. The second-order valence-corrected chi connectivity index (χ2v) is 31.0. The summed E-state index contributed by atoms with van der Waals surface area (Å²) in [5, 5.41) is 10.6. The second-order valence-electron chi connectivity index (χ2n) is 28.1. The first-order chi connectivity index (χ1) is 45.9. The van der Waals surface area contributed by atoms with Crippen LogP contribution in [0.1, 0.15) is 395 Å². The number of esters is 4. The lowest BCUT2D eigenvalue weighted by molar-refractivity contribution is -0.161. The molecule has 0 bridgehead atoms. The lowest BCUT2D eigenvalue weighted by Crippen LogP contribution is -2.30. The van der Waals surface area contributed by atoms with Crippen LogP contribution in [-0.4, -0.2) is 96.7 Å². The van der Waals surface area contributed by atoms with Crippen molar-refractivity contribution in [1.29, 1.82) is 0 Å². The molecule has 6 atom stereocenters. The maximum atomic E-state index is 13.1. The molecule has 0 aliphatic heterocycles. The van der Waals surface area contributed by atoms with Crippen molar-refractivity contribution in [1.82, 2.24) is 0 Å². The Morgan fingerprint density at radius 3 is 0.800 bits per heavy atom. The van der Waals surface area contributed by atoms with E-state index < -0.39 is 97.5 Å². The molecular weight excluding hydrogens is 1250 g/mol. The van der Waals surface area contributed by atoms with E-state index in [1.165, 1.54) is 205 Å². The largest absolute Gasteiger partial charge is 0.472 e. The fourth-order valence-electron chi connectivity index (χ4n) is 11.6. The van der Waals surface area contributed by atoms with E-state index in [0.717, 1.165) is 108 Å². The van der Waals surface area contributed by atoms with Gasteiger partial charge in [0.2, 0.25) is 0 Å². The van der Waals surface area contributed by atoms with Gasteiger partial charge in [0.05, 0.1) is 26.4 Å². The number of unbranched alkanes of at least 4 members (excludes halogenated alkanes) is 44. The van der Waals surface area contributed by atoms with Crippen molar-refractivity contribution < 1.29 is 80.2 Å². The van der Waals surface area contributed by atoms with Crippen LogP contribution in [0.25, 0.3) is 0 Å². The van der Waals surface area contributed by atoms with Gasteiger partial charge in [-0.25, -0.2) is 9.13 Å². The molecule has 0 amide bonds. The Kier molecular flexibility index (Phi) is 66.5. The summed E-state index contributed by atoms with van der Waals surface area (Å²) in [4.78, 5) is 72.7. The van der Waals surface area contributed by atoms with E-state index in [2.05, 4.69) is 41.5 Å². The van der Waals surface area contributed by atoms with Gasteiger partial charge in [0.1, 0.15) is 19.3 Å². The van der Waals surface area contributed by atoms with Crippen LogP contribution in [0.2, 0.25) is 0 Å². The third-order valence-electron chi connectivity index (χ3n) is 18.1. The van der Waals surface area contributed by atoms with Crippen LogP contribution in [-0.2, 0) is 65.4 Å². The van der Waals surface area contributed by atoms with Gasteiger partial charge in [0, 0.05) is 25.7 Å². The van der Waals surface area contributed by atoms with Crippen LogP contribution in [0.4, 0.5) is 0 Å². The van der Waals surface area contributed by atoms with E-state index in [-0.39, 0.29) is 25.7 Å². The number of aliphatic hydroxyl groups excluding tert-OH is 1. The Morgan fingerprint density at radius 1 is 0.305 bits per heavy atom. The molecule has 0 heterocycles. The number of carbonyl (C=O) groups is 4. The number of phosphoric acid groups is 2. The lowest BCUT2D eigenvalue weighted by Gasteiger charge is -2.21. The summed E-state index contributed by atoms with van der Waals surface area (Å²) >= 11 is 0. The lowest BCUT2D eigenvalue weighted by atomic mass is 9.99. The zero-order chi connectivity index (χ0) is 70.0. The van der Waals surface area contributed by atoms with Gasteiger partial charge in [-0.3, -0.25) is 37.3 Å². The van der Waals surface area contributed by atoms with Gasteiger partial charge in [-0.1, -0.05) is 343 Å². The van der Waals surface area contributed by atoms with Crippen LogP contribution >= 0.6 is 15.6 Å². The zero-order valence-electron chi connectivity index (χ0n) is 62.0. The van der Waals surface area contributed by atoms with Gasteiger partial charge in [-0.05, 0) is 37.5 Å². The summed E-state index contributed by atoms with van der Waals surface area (Å²) < 4.78 is 68.4. The van der Waals surface area contributed by atoms with Crippen molar-refractivity contribution in [3.8, 4) is 0 Å². The summed E-state index contributed by atoms with van der Waals surface area (Å²) in [7, 11) is -9.91. The van der Waals surface area contributed by atoms with E-state index in [9.17, 15) is 43.2 Å².